The number of carbonyl (C=O) groups excluding carboxylic acids is 2. The fraction of sp³-hybridized carbons (Fsp3) is 0.333. The van der Waals surface area contributed by atoms with Crippen LogP contribution in [0.25, 0.3) is 0 Å². The highest BCUT2D eigenvalue weighted by atomic mass is 32.1. The van der Waals surface area contributed by atoms with E-state index < -0.39 is 0 Å². The normalized spacial score (nSPS) is 18.6. The lowest BCUT2D eigenvalue weighted by Gasteiger charge is -2.17. The van der Waals surface area contributed by atoms with Gasteiger partial charge < -0.3 is 19.7 Å². The number of benzene rings is 1. The second-order valence-electron chi connectivity index (χ2n) is 6.17. The Labute approximate surface area is 149 Å². The van der Waals surface area contributed by atoms with Crippen molar-refractivity contribution < 1.29 is 19.1 Å². The van der Waals surface area contributed by atoms with E-state index in [0.717, 1.165) is 10.6 Å². The van der Waals surface area contributed by atoms with Crippen molar-refractivity contribution in [3.8, 4) is 11.5 Å². The number of ether oxygens (including phenoxy) is 2. The first kappa shape index (κ1) is 16.0. The minimum Gasteiger partial charge on any atom is -0.454 e. The van der Waals surface area contributed by atoms with Gasteiger partial charge in [-0.25, -0.2) is 0 Å². The van der Waals surface area contributed by atoms with Crippen molar-refractivity contribution >= 4 is 28.8 Å². The molecule has 2 aliphatic rings. The number of carbonyl (C=O) groups is 2. The molecule has 1 aromatic carbocycles. The van der Waals surface area contributed by atoms with Crippen LogP contribution in [0.5, 0.6) is 11.5 Å². The molecule has 6 nitrogen and oxygen atoms in total. The van der Waals surface area contributed by atoms with Gasteiger partial charge in [-0.15, -0.1) is 11.3 Å². The Hall–Kier alpha value is -2.54. The highest BCUT2D eigenvalue weighted by Gasteiger charge is 2.31. The predicted octanol–water partition coefficient (Wildman–Crippen LogP) is 2.19. The zero-order chi connectivity index (χ0) is 17.2. The van der Waals surface area contributed by atoms with Crippen LogP contribution in [0, 0.1) is 5.92 Å². The Balaban J connectivity index is 1.33. The Kier molecular flexibility index (Phi) is 4.31. The fourth-order valence-corrected chi connectivity index (χ4v) is 3.82. The fourth-order valence-electron chi connectivity index (χ4n) is 3.11. The largest absolute Gasteiger partial charge is 0.454 e. The number of thiophene rings is 1. The monoisotopic (exact) mass is 358 g/mol. The standard InChI is InChI=1S/C18H18N2O4S/c21-17(8-14-2-1-5-25-14)19-9-12-6-18(22)20(10-12)13-3-4-15-16(7-13)24-11-23-15/h1-5,7,12H,6,8-11H2,(H,19,21)/t12-/m1/s1. The molecule has 0 spiro atoms. The van der Waals surface area contributed by atoms with Gasteiger partial charge in [0.1, 0.15) is 0 Å². The highest BCUT2D eigenvalue weighted by Crippen LogP contribution is 2.37. The SMILES string of the molecule is O=C(Cc1cccs1)NC[C@H]1CC(=O)N(c2ccc3c(c2)OCO3)C1. The van der Waals surface area contributed by atoms with Crippen LogP contribution < -0.4 is 19.7 Å². The smallest absolute Gasteiger partial charge is 0.231 e. The predicted molar refractivity (Wildman–Crippen MR) is 94.1 cm³/mol. The van der Waals surface area contributed by atoms with Crippen LogP contribution in [0.3, 0.4) is 0 Å². The van der Waals surface area contributed by atoms with Gasteiger partial charge in [0.15, 0.2) is 11.5 Å². The molecule has 3 heterocycles. The molecular formula is C18H18N2O4S. The van der Waals surface area contributed by atoms with Crippen molar-refractivity contribution in [1.29, 1.82) is 0 Å². The molecule has 25 heavy (non-hydrogen) atoms. The molecule has 0 unspecified atom stereocenters. The molecule has 0 bridgehead atoms. The average Bonchev–Trinajstić information content (AvgIpc) is 3.33. The average molecular weight is 358 g/mol. The molecule has 0 saturated carbocycles. The molecule has 0 aliphatic carbocycles. The lowest BCUT2D eigenvalue weighted by atomic mass is 10.1. The van der Waals surface area contributed by atoms with Crippen LogP contribution in [-0.2, 0) is 16.0 Å². The maximum Gasteiger partial charge on any atom is 0.231 e. The summed E-state index contributed by atoms with van der Waals surface area (Å²) in [5.74, 6) is 1.55. The molecule has 2 aliphatic heterocycles. The van der Waals surface area contributed by atoms with Crippen molar-refractivity contribution in [2.24, 2.45) is 5.92 Å². The van der Waals surface area contributed by atoms with Gasteiger partial charge in [-0.2, -0.15) is 0 Å². The van der Waals surface area contributed by atoms with Crippen LogP contribution in [-0.4, -0.2) is 31.7 Å². The third-order valence-corrected chi connectivity index (χ3v) is 5.25. The van der Waals surface area contributed by atoms with Gasteiger partial charge in [0, 0.05) is 42.1 Å². The molecule has 1 N–H and O–H groups in total. The van der Waals surface area contributed by atoms with Gasteiger partial charge in [0.25, 0.3) is 0 Å². The molecule has 1 saturated heterocycles. The summed E-state index contributed by atoms with van der Waals surface area (Å²) in [6, 6.07) is 9.40. The van der Waals surface area contributed by atoms with Gasteiger partial charge >= 0.3 is 0 Å². The minimum atomic E-state index is -0.00331. The first-order valence-electron chi connectivity index (χ1n) is 8.18. The molecule has 2 amide bonds. The van der Waals surface area contributed by atoms with E-state index >= 15 is 0 Å². The lowest BCUT2D eigenvalue weighted by molar-refractivity contribution is -0.121. The lowest BCUT2D eigenvalue weighted by Crippen LogP contribution is -2.32. The van der Waals surface area contributed by atoms with E-state index in [-0.39, 0.29) is 24.5 Å². The van der Waals surface area contributed by atoms with Gasteiger partial charge in [0.05, 0.1) is 6.42 Å². The van der Waals surface area contributed by atoms with E-state index in [9.17, 15) is 9.59 Å². The van der Waals surface area contributed by atoms with E-state index in [1.807, 2.05) is 35.7 Å². The maximum absolute atomic E-state index is 12.3. The van der Waals surface area contributed by atoms with Gasteiger partial charge in [-0.1, -0.05) is 6.07 Å². The third-order valence-electron chi connectivity index (χ3n) is 4.38. The number of amides is 2. The van der Waals surface area contributed by atoms with Gasteiger partial charge in [0.2, 0.25) is 18.6 Å². The third kappa shape index (κ3) is 3.46. The molecule has 7 heteroatoms. The first-order chi connectivity index (χ1) is 12.2. The summed E-state index contributed by atoms with van der Waals surface area (Å²) in [7, 11) is 0. The van der Waals surface area contributed by atoms with E-state index in [0.29, 0.717) is 37.4 Å². The quantitative estimate of drug-likeness (QED) is 0.890. The molecule has 1 fully saturated rings. The molecule has 2 aromatic rings. The molecule has 0 radical (unpaired) electrons. The maximum atomic E-state index is 12.3. The van der Waals surface area contributed by atoms with E-state index in [2.05, 4.69) is 5.32 Å². The Bertz CT molecular complexity index is 790. The number of fused-ring (bicyclic) bond motifs is 1. The number of hydrogen-bond acceptors (Lipinski definition) is 5. The second-order valence-corrected chi connectivity index (χ2v) is 7.20. The Morgan fingerprint density at radius 1 is 1.28 bits per heavy atom. The van der Waals surface area contributed by atoms with Crippen molar-refractivity contribution in [1.82, 2.24) is 5.32 Å². The molecule has 1 aromatic heterocycles. The minimum absolute atomic E-state index is 0.00331. The number of hydrogen-bond donors (Lipinski definition) is 1. The number of rotatable bonds is 5. The Morgan fingerprint density at radius 2 is 2.16 bits per heavy atom. The Morgan fingerprint density at radius 3 is 3.00 bits per heavy atom. The summed E-state index contributed by atoms with van der Waals surface area (Å²) >= 11 is 1.57. The van der Waals surface area contributed by atoms with Crippen LogP contribution >= 0.6 is 11.3 Å². The number of nitrogens with zero attached hydrogens (tertiary/aromatic N) is 1. The summed E-state index contributed by atoms with van der Waals surface area (Å²) in [6.45, 7) is 1.32. The van der Waals surface area contributed by atoms with Crippen LogP contribution in [0.15, 0.2) is 35.7 Å². The number of nitrogens with one attached hydrogen (secondary N) is 1. The van der Waals surface area contributed by atoms with Crippen LogP contribution in [0.1, 0.15) is 11.3 Å². The molecule has 130 valence electrons. The van der Waals surface area contributed by atoms with Crippen molar-refractivity contribution in [2.45, 2.75) is 12.8 Å². The zero-order valence-corrected chi connectivity index (χ0v) is 14.4. The van der Waals surface area contributed by atoms with Crippen molar-refractivity contribution in [3.63, 3.8) is 0 Å². The van der Waals surface area contributed by atoms with Crippen molar-refractivity contribution in [2.75, 3.05) is 24.8 Å². The topological polar surface area (TPSA) is 67.9 Å². The van der Waals surface area contributed by atoms with Crippen LogP contribution in [0.2, 0.25) is 0 Å². The van der Waals surface area contributed by atoms with Crippen LogP contribution in [0.4, 0.5) is 5.69 Å². The summed E-state index contributed by atoms with van der Waals surface area (Å²) in [5, 5.41) is 4.90. The van der Waals surface area contributed by atoms with Crippen molar-refractivity contribution in [3.05, 3.63) is 40.6 Å². The van der Waals surface area contributed by atoms with E-state index in [4.69, 9.17) is 9.47 Å². The highest BCUT2D eigenvalue weighted by molar-refractivity contribution is 7.10. The second kappa shape index (κ2) is 6.76. The van der Waals surface area contributed by atoms with Gasteiger partial charge in [-0.05, 0) is 23.6 Å². The summed E-state index contributed by atoms with van der Waals surface area (Å²) < 4.78 is 10.7. The summed E-state index contributed by atoms with van der Waals surface area (Å²) in [6.07, 6.45) is 0.831. The first-order valence-corrected chi connectivity index (χ1v) is 9.06. The molecule has 4 rings (SSSR count). The zero-order valence-electron chi connectivity index (χ0n) is 13.6. The summed E-state index contributed by atoms with van der Waals surface area (Å²) in [4.78, 5) is 27.1. The number of anilines is 1. The van der Waals surface area contributed by atoms with E-state index in [1.54, 1.807) is 16.2 Å². The van der Waals surface area contributed by atoms with Gasteiger partial charge in [-0.3, -0.25) is 9.59 Å². The van der Waals surface area contributed by atoms with E-state index in [1.165, 1.54) is 0 Å². The summed E-state index contributed by atoms with van der Waals surface area (Å²) in [5.41, 5.74) is 0.807. The molecule has 1 atom stereocenters. The molecular weight excluding hydrogens is 340 g/mol.